The maximum atomic E-state index is 11.7. The molecule has 0 spiro atoms. The minimum absolute atomic E-state index is 0.413. The summed E-state index contributed by atoms with van der Waals surface area (Å²) in [6, 6.07) is 7.52. The van der Waals surface area contributed by atoms with Gasteiger partial charge in [-0.3, -0.25) is 5.32 Å². The van der Waals surface area contributed by atoms with Crippen LogP contribution in [-0.4, -0.2) is 22.9 Å². The van der Waals surface area contributed by atoms with Crippen molar-refractivity contribution in [2.24, 2.45) is 0 Å². The molecule has 0 saturated heterocycles. The molecule has 2 aromatic rings. The van der Waals surface area contributed by atoms with E-state index < -0.39 is 17.9 Å². The van der Waals surface area contributed by atoms with E-state index in [0.717, 1.165) is 10.8 Å². The van der Waals surface area contributed by atoms with Gasteiger partial charge in [-0.25, -0.2) is 9.78 Å². The number of rotatable bonds is 3. The van der Waals surface area contributed by atoms with Gasteiger partial charge in [0.25, 0.3) is 0 Å². The number of pyridine rings is 1. The van der Waals surface area contributed by atoms with Crippen LogP contribution in [0.5, 0.6) is 5.75 Å². The van der Waals surface area contributed by atoms with E-state index in [1.54, 1.807) is 27.7 Å². The van der Waals surface area contributed by atoms with Crippen LogP contribution in [0.1, 0.15) is 27.7 Å². The normalized spacial score (nSPS) is 12.8. The van der Waals surface area contributed by atoms with E-state index in [1.807, 2.05) is 24.3 Å². The first-order valence-corrected chi connectivity index (χ1v) is 7.33. The maximum Gasteiger partial charge on any atom is 0.410 e. The first-order chi connectivity index (χ1) is 10.3. The molecular weight excluding hydrogens is 304 g/mol. The number of carbonyl (C=O) groups excluding carboxylic acids is 1. The minimum Gasteiger partial charge on any atom is -0.469 e. The number of nitrogens with one attached hydrogen (secondary N) is 1. The zero-order valence-electron chi connectivity index (χ0n) is 13.0. The molecule has 118 valence electrons. The summed E-state index contributed by atoms with van der Waals surface area (Å²) in [4.78, 5) is 15.8. The molecule has 22 heavy (non-hydrogen) atoms. The summed E-state index contributed by atoms with van der Waals surface area (Å²) in [5.41, 5.74) is -0.557. The summed E-state index contributed by atoms with van der Waals surface area (Å²) in [5.74, 6) is 0.545. The van der Waals surface area contributed by atoms with Gasteiger partial charge in [-0.2, -0.15) is 0 Å². The molecule has 1 atom stereocenters. The summed E-state index contributed by atoms with van der Waals surface area (Å²) in [6.07, 6.45) is 0.435. The number of halogens is 1. The molecule has 0 aliphatic rings. The van der Waals surface area contributed by atoms with E-state index in [9.17, 15) is 4.79 Å². The molecule has 0 bridgehead atoms. The number of carbonyl (C=O) groups is 1. The third-order valence-electron chi connectivity index (χ3n) is 2.73. The molecule has 5 nitrogen and oxygen atoms in total. The molecule has 1 unspecified atom stereocenters. The van der Waals surface area contributed by atoms with Crippen molar-refractivity contribution in [3.05, 3.63) is 35.6 Å². The highest BCUT2D eigenvalue weighted by molar-refractivity contribution is 6.34. The molecule has 1 aromatic carbocycles. The lowest BCUT2D eigenvalue weighted by molar-refractivity contribution is 0.0415. The van der Waals surface area contributed by atoms with E-state index in [0.29, 0.717) is 10.9 Å². The molecule has 0 aliphatic carbocycles. The summed E-state index contributed by atoms with van der Waals surface area (Å²) in [5, 5.41) is 4.66. The van der Waals surface area contributed by atoms with Crippen LogP contribution in [-0.2, 0) is 4.74 Å². The monoisotopic (exact) mass is 322 g/mol. The number of hydrogen-bond acceptors (Lipinski definition) is 4. The predicted octanol–water partition coefficient (Wildman–Crippen LogP) is 4.14. The van der Waals surface area contributed by atoms with E-state index >= 15 is 0 Å². The molecule has 0 radical (unpaired) electrons. The molecule has 1 N–H and O–H groups in total. The Morgan fingerprint density at radius 2 is 1.91 bits per heavy atom. The van der Waals surface area contributed by atoms with Gasteiger partial charge in [-0.05, 0) is 27.7 Å². The second-order valence-corrected chi connectivity index (χ2v) is 6.22. The Kier molecular flexibility index (Phi) is 4.76. The average molecular weight is 323 g/mol. The molecule has 1 aromatic heterocycles. The summed E-state index contributed by atoms with van der Waals surface area (Å²) >= 11 is 6.07. The molecule has 6 heteroatoms. The number of ether oxygens (including phenoxy) is 2. The average Bonchev–Trinajstić information content (AvgIpc) is 2.40. The van der Waals surface area contributed by atoms with Crippen LogP contribution < -0.4 is 10.1 Å². The molecular formula is C16H19ClN2O3. The van der Waals surface area contributed by atoms with Crippen molar-refractivity contribution in [2.45, 2.75) is 39.5 Å². The van der Waals surface area contributed by atoms with Crippen molar-refractivity contribution in [1.82, 2.24) is 10.3 Å². The molecule has 1 amide bonds. The van der Waals surface area contributed by atoms with Crippen LogP contribution in [0.3, 0.4) is 0 Å². The Bertz CT molecular complexity index is 683. The van der Waals surface area contributed by atoms with Crippen LogP contribution in [0.2, 0.25) is 5.15 Å². The number of nitrogens with zero attached hydrogens (tertiary/aromatic N) is 1. The van der Waals surface area contributed by atoms with Crippen molar-refractivity contribution in [2.75, 3.05) is 0 Å². The van der Waals surface area contributed by atoms with E-state index in [-0.39, 0.29) is 0 Å². The van der Waals surface area contributed by atoms with Gasteiger partial charge >= 0.3 is 6.09 Å². The summed E-state index contributed by atoms with van der Waals surface area (Å²) < 4.78 is 10.9. The van der Waals surface area contributed by atoms with Crippen LogP contribution in [0.15, 0.2) is 30.5 Å². The van der Waals surface area contributed by atoms with Crippen molar-refractivity contribution in [1.29, 1.82) is 0 Å². The van der Waals surface area contributed by atoms with Gasteiger partial charge < -0.3 is 9.47 Å². The quantitative estimate of drug-likeness (QED) is 0.681. The van der Waals surface area contributed by atoms with Gasteiger partial charge in [0.1, 0.15) is 16.5 Å². The number of hydrogen-bond donors (Lipinski definition) is 1. The third-order valence-corrected chi connectivity index (χ3v) is 3.03. The molecule has 0 aliphatic heterocycles. The highest BCUT2D eigenvalue weighted by Gasteiger charge is 2.18. The van der Waals surface area contributed by atoms with Gasteiger partial charge in [0.15, 0.2) is 6.23 Å². The van der Waals surface area contributed by atoms with Crippen molar-refractivity contribution in [3.63, 3.8) is 0 Å². The standard InChI is InChI=1S/C16H19ClN2O3/c1-10(19-15(20)22-16(2,3)4)21-13-9-18-14(17)12-8-6-5-7-11(12)13/h5-10H,1-4H3,(H,19,20). The first-order valence-electron chi connectivity index (χ1n) is 6.96. The van der Waals surface area contributed by atoms with Crippen molar-refractivity contribution in [3.8, 4) is 5.75 Å². The fourth-order valence-electron chi connectivity index (χ4n) is 1.92. The van der Waals surface area contributed by atoms with Crippen LogP contribution in [0.25, 0.3) is 10.8 Å². The lowest BCUT2D eigenvalue weighted by atomic mass is 10.2. The molecule has 1 heterocycles. The van der Waals surface area contributed by atoms with Crippen LogP contribution in [0.4, 0.5) is 4.79 Å². The van der Waals surface area contributed by atoms with Crippen molar-refractivity contribution >= 4 is 28.5 Å². The smallest absolute Gasteiger partial charge is 0.410 e. The highest BCUT2D eigenvalue weighted by Crippen LogP contribution is 2.29. The van der Waals surface area contributed by atoms with Crippen molar-refractivity contribution < 1.29 is 14.3 Å². The number of benzene rings is 1. The zero-order chi connectivity index (χ0) is 16.3. The number of fused-ring (bicyclic) bond motifs is 1. The number of alkyl carbamates (subject to hydrolysis) is 1. The Balaban J connectivity index is 2.11. The Labute approximate surface area is 134 Å². The Morgan fingerprint density at radius 1 is 1.27 bits per heavy atom. The Morgan fingerprint density at radius 3 is 2.55 bits per heavy atom. The predicted molar refractivity (Wildman–Crippen MR) is 86.2 cm³/mol. The van der Waals surface area contributed by atoms with Crippen LogP contribution in [0, 0.1) is 0 Å². The second kappa shape index (κ2) is 6.40. The summed E-state index contributed by atoms with van der Waals surface area (Å²) in [6.45, 7) is 7.12. The number of amides is 1. The molecule has 2 rings (SSSR count). The maximum absolute atomic E-state index is 11.7. The minimum atomic E-state index is -0.568. The lowest BCUT2D eigenvalue weighted by Gasteiger charge is -2.22. The third kappa shape index (κ3) is 4.24. The zero-order valence-corrected chi connectivity index (χ0v) is 13.8. The SMILES string of the molecule is CC(NC(=O)OC(C)(C)C)Oc1cnc(Cl)c2ccccc12. The topological polar surface area (TPSA) is 60.5 Å². The van der Waals surface area contributed by atoms with E-state index in [4.69, 9.17) is 21.1 Å². The highest BCUT2D eigenvalue weighted by atomic mass is 35.5. The molecule has 0 saturated carbocycles. The fourth-order valence-corrected chi connectivity index (χ4v) is 2.13. The van der Waals surface area contributed by atoms with E-state index in [1.165, 1.54) is 6.20 Å². The second-order valence-electron chi connectivity index (χ2n) is 5.87. The summed E-state index contributed by atoms with van der Waals surface area (Å²) in [7, 11) is 0. The fraction of sp³-hybridized carbons (Fsp3) is 0.375. The first kappa shape index (κ1) is 16.4. The van der Waals surface area contributed by atoms with E-state index in [2.05, 4.69) is 10.3 Å². The van der Waals surface area contributed by atoms with Gasteiger partial charge in [0.2, 0.25) is 0 Å². The van der Waals surface area contributed by atoms with Crippen LogP contribution >= 0.6 is 11.6 Å². The van der Waals surface area contributed by atoms with Gasteiger partial charge in [0.05, 0.1) is 6.20 Å². The van der Waals surface area contributed by atoms with Gasteiger partial charge in [-0.1, -0.05) is 35.9 Å². The Hall–Kier alpha value is -2.01. The van der Waals surface area contributed by atoms with Gasteiger partial charge in [-0.15, -0.1) is 0 Å². The molecule has 0 fully saturated rings. The largest absolute Gasteiger partial charge is 0.469 e. The lowest BCUT2D eigenvalue weighted by Crippen LogP contribution is -2.40. The van der Waals surface area contributed by atoms with Gasteiger partial charge in [0, 0.05) is 10.8 Å². The number of aromatic nitrogens is 1.